The van der Waals surface area contributed by atoms with Crippen molar-refractivity contribution in [3.63, 3.8) is 0 Å². The van der Waals surface area contributed by atoms with Gasteiger partial charge in [-0.25, -0.2) is 13.8 Å². The van der Waals surface area contributed by atoms with E-state index in [0.29, 0.717) is 28.3 Å². The van der Waals surface area contributed by atoms with Crippen LogP contribution in [0.5, 0.6) is 11.5 Å². The van der Waals surface area contributed by atoms with Crippen molar-refractivity contribution in [2.75, 3.05) is 20.3 Å². The standard InChI is InChI=1S/C29H34F2N2O5/c1-18-5-7-19(8-6-18)22-16-21(29(3,32)27(30)31)17-26(33-22)28(2,36)12-11-23(35)20-9-10-24(38-14-13-34)25(15-20)37-4/h5-10,15-17,27,34,36H,11-14,32H2,1-4H3. The molecule has 0 fully saturated rings. The number of rotatable bonds is 12. The number of benzene rings is 2. The normalized spacial score (nSPS) is 14.6. The molecular formula is C29H34F2N2O5. The summed E-state index contributed by atoms with van der Waals surface area (Å²) in [4.78, 5) is 17.5. The highest BCUT2D eigenvalue weighted by Crippen LogP contribution is 2.34. The van der Waals surface area contributed by atoms with E-state index in [-0.39, 0.29) is 43.1 Å². The van der Waals surface area contributed by atoms with Crippen LogP contribution in [0.2, 0.25) is 0 Å². The summed E-state index contributed by atoms with van der Waals surface area (Å²) >= 11 is 0. The molecule has 0 aliphatic rings. The van der Waals surface area contributed by atoms with Crippen LogP contribution in [0.1, 0.15) is 53.9 Å². The van der Waals surface area contributed by atoms with E-state index in [9.17, 15) is 18.7 Å². The van der Waals surface area contributed by atoms with Gasteiger partial charge in [-0.15, -0.1) is 0 Å². The second-order valence-electron chi connectivity index (χ2n) is 9.71. The van der Waals surface area contributed by atoms with E-state index in [0.717, 1.165) is 5.56 Å². The molecule has 0 radical (unpaired) electrons. The molecule has 4 N–H and O–H groups in total. The average molecular weight is 529 g/mol. The van der Waals surface area contributed by atoms with Crippen LogP contribution in [-0.2, 0) is 11.1 Å². The van der Waals surface area contributed by atoms with Crippen LogP contribution >= 0.6 is 0 Å². The highest BCUT2D eigenvalue weighted by molar-refractivity contribution is 5.96. The maximum atomic E-state index is 13.8. The first-order chi connectivity index (χ1) is 17.9. The summed E-state index contributed by atoms with van der Waals surface area (Å²) < 4.78 is 38.3. The van der Waals surface area contributed by atoms with Gasteiger partial charge in [-0.2, -0.15) is 0 Å². The summed E-state index contributed by atoms with van der Waals surface area (Å²) in [5.41, 5.74) is 5.12. The molecule has 1 heterocycles. The fourth-order valence-corrected chi connectivity index (χ4v) is 3.86. The minimum Gasteiger partial charge on any atom is -0.493 e. The first-order valence-electron chi connectivity index (χ1n) is 12.2. The van der Waals surface area contributed by atoms with E-state index >= 15 is 0 Å². The summed E-state index contributed by atoms with van der Waals surface area (Å²) in [6.07, 6.45) is -2.92. The number of ketones is 1. The van der Waals surface area contributed by atoms with Crippen molar-refractivity contribution < 1.29 is 33.3 Å². The Morgan fingerprint density at radius 3 is 2.37 bits per heavy atom. The number of aryl methyl sites for hydroxylation is 1. The summed E-state index contributed by atoms with van der Waals surface area (Å²) in [6.45, 7) is 4.57. The lowest BCUT2D eigenvalue weighted by Crippen LogP contribution is -2.41. The Kier molecular flexibility index (Phi) is 9.19. The number of nitrogens with two attached hydrogens (primary N) is 1. The number of ether oxygens (including phenoxy) is 2. The van der Waals surface area contributed by atoms with Crippen molar-refractivity contribution in [2.24, 2.45) is 5.73 Å². The van der Waals surface area contributed by atoms with Gasteiger partial charge >= 0.3 is 0 Å². The number of aromatic nitrogens is 1. The monoisotopic (exact) mass is 528 g/mol. The number of carbonyl (C=O) groups is 1. The van der Waals surface area contributed by atoms with Crippen LogP contribution < -0.4 is 15.2 Å². The largest absolute Gasteiger partial charge is 0.493 e. The quantitative estimate of drug-likeness (QED) is 0.291. The van der Waals surface area contributed by atoms with Crippen LogP contribution in [0.25, 0.3) is 11.3 Å². The van der Waals surface area contributed by atoms with Crippen LogP contribution in [0.3, 0.4) is 0 Å². The van der Waals surface area contributed by atoms with Gasteiger partial charge in [-0.3, -0.25) is 4.79 Å². The van der Waals surface area contributed by atoms with Crippen molar-refractivity contribution in [1.82, 2.24) is 4.98 Å². The summed E-state index contributed by atoms with van der Waals surface area (Å²) in [5, 5.41) is 20.3. The molecule has 0 saturated carbocycles. The van der Waals surface area contributed by atoms with Crippen LogP contribution in [0.4, 0.5) is 8.78 Å². The van der Waals surface area contributed by atoms with E-state index in [1.54, 1.807) is 12.1 Å². The zero-order chi connectivity index (χ0) is 28.1. The maximum Gasteiger partial charge on any atom is 0.260 e. The van der Waals surface area contributed by atoms with Crippen molar-refractivity contribution in [2.45, 2.75) is 51.2 Å². The van der Waals surface area contributed by atoms with Gasteiger partial charge in [-0.1, -0.05) is 29.8 Å². The van der Waals surface area contributed by atoms with Gasteiger partial charge in [0.15, 0.2) is 17.3 Å². The number of Topliss-reactive ketones (excluding diaryl/α,β-unsaturated/α-hetero) is 1. The molecule has 0 bridgehead atoms. The predicted octanol–water partition coefficient (Wildman–Crippen LogP) is 4.75. The molecular weight excluding hydrogens is 494 g/mol. The van der Waals surface area contributed by atoms with E-state index < -0.39 is 17.6 Å². The molecule has 9 heteroatoms. The number of halogens is 2. The number of aliphatic hydroxyl groups excluding tert-OH is 1. The SMILES string of the molecule is COc1cc(C(=O)CCC(C)(O)c2cc(C(C)(N)C(F)F)cc(-c3ccc(C)cc3)n2)ccc1OCCO. The highest BCUT2D eigenvalue weighted by Gasteiger charge is 2.35. The molecule has 0 amide bonds. The fourth-order valence-electron chi connectivity index (χ4n) is 3.86. The van der Waals surface area contributed by atoms with Gasteiger partial charge < -0.3 is 25.4 Å². The molecule has 0 aliphatic carbocycles. The number of hydrogen-bond acceptors (Lipinski definition) is 7. The molecule has 0 saturated heterocycles. The summed E-state index contributed by atoms with van der Waals surface area (Å²) in [7, 11) is 1.44. The Balaban J connectivity index is 1.90. The third-order valence-corrected chi connectivity index (χ3v) is 6.47. The smallest absolute Gasteiger partial charge is 0.260 e. The maximum absolute atomic E-state index is 13.8. The van der Waals surface area contributed by atoms with Gasteiger partial charge in [0, 0.05) is 17.5 Å². The van der Waals surface area contributed by atoms with Gasteiger partial charge in [0.2, 0.25) is 0 Å². The molecule has 3 aromatic rings. The molecule has 2 aromatic carbocycles. The first-order valence-corrected chi connectivity index (χ1v) is 12.2. The lowest BCUT2D eigenvalue weighted by Gasteiger charge is -2.29. The number of methoxy groups -OCH3 is 1. The zero-order valence-electron chi connectivity index (χ0n) is 22.0. The Morgan fingerprint density at radius 2 is 1.76 bits per heavy atom. The fraction of sp³-hybridized carbons (Fsp3) is 0.379. The molecule has 0 aliphatic heterocycles. The number of carbonyl (C=O) groups excluding carboxylic acids is 1. The van der Waals surface area contributed by atoms with E-state index in [1.165, 1.54) is 39.2 Å². The molecule has 0 spiro atoms. The second-order valence-corrected chi connectivity index (χ2v) is 9.71. The third kappa shape index (κ3) is 6.72. The molecule has 2 unspecified atom stereocenters. The van der Waals surface area contributed by atoms with Crippen LogP contribution in [0, 0.1) is 6.92 Å². The predicted molar refractivity (Wildman–Crippen MR) is 141 cm³/mol. The van der Waals surface area contributed by atoms with E-state index in [4.69, 9.17) is 20.3 Å². The molecule has 3 rings (SSSR count). The van der Waals surface area contributed by atoms with Gasteiger partial charge in [-0.05, 0) is 63.1 Å². The molecule has 204 valence electrons. The topological polar surface area (TPSA) is 115 Å². The summed E-state index contributed by atoms with van der Waals surface area (Å²) in [5.74, 6) is 0.462. The number of nitrogens with zero attached hydrogens (tertiary/aromatic N) is 1. The van der Waals surface area contributed by atoms with Gasteiger partial charge in [0.1, 0.15) is 12.2 Å². The van der Waals surface area contributed by atoms with Crippen molar-refractivity contribution in [1.29, 1.82) is 0 Å². The highest BCUT2D eigenvalue weighted by atomic mass is 19.3. The molecule has 1 aromatic heterocycles. The van der Waals surface area contributed by atoms with Crippen molar-refractivity contribution in [3.05, 3.63) is 77.0 Å². The lowest BCUT2D eigenvalue weighted by atomic mass is 9.87. The Morgan fingerprint density at radius 1 is 1.08 bits per heavy atom. The van der Waals surface area contributed by atoms with Crippen molar-refractivity contribution in [3.8, 4) is 22.8 Å². The van der Waals surface area contributed by atoms with Crippen LogP contribution in [-0.4, -0.2) is 47.7 Å². The second kappa shape index (κ2) is 12.0. The number of alkyl halides is 2. The van der Waals surface area contributed by atoms with Crippen molar-refractivity contribution >= 4 is 5.78 Å². The van der Waals surface area contributed by atoms with E-state index in [1.807, 2.05) is 31.2 Å². The lowest BCUT2D eigenvalue weighted by molar-refractivity contribution is 0.0385. The Hall–Kier alpha value is -3.40. The molecule has 2 atom stereocenters. The van der Waals surface area contributed by atoms with Crippen LogP contribution in [0.15, 0.2) is 54.6 Å². The zero-order valence-corrected chi connectivity index (χ0v) is 22.0. The number of pyridine rings is 1. The Labute approximate surface area is 221 Å². The molecule has 7 nitrogen and oxygen atoms in total. The van der Waals surface area contributed by atoms with Gasteiger partial charge in [0.25, 0.3) is 6.43 Å². The first kappa shape index (κ1) is 29.2. The average Bonchev–Trinajstić information content (AvgIpc) is 2.90. The summed E-state index contributed by atoms with van der Waals surface area (Å²) in [6, 6.07) is 15.0. The van der Waals surface area contributed by atoms with Gasteiger partial charge in [0.05, 0.1) is 30.6 Å². The van der Waals surface area contributed by atoms with E-state index in [2.05, 4.69) is 4.98 Å². The molecule has 38 heavy (non-hydrogen) atoms. The number of hydrogen-bond donors (Lipinski definition) is 3. The Bertz CT molecular complexity index is 1260. The minimum atomic E-state index is -2.85. The number of aliphatic hydroxyl groups is 2. The third-order valence-electron chi connectivity index (χ3n) is 6.47. The minimum absolute atomic E-state index is 0.0172.